The highest BCUT2D eigenvalue weighted by atomic mass is 35.5. The number of nitrogens with zero attached hydrogens (tertiary/aromatic N) is 1. The van der Waals surface area contributed by atoms with Crippen molar-refractivity contribution in [3.63, 3.8) is 0 Å². The summed E-state index contributed by atoms with van der Waals surface area (Å²) in [6.07, 6.45) is 0.894. The van der Waals surface area contributed by atoms with E-state index in [1.165, 1.54) is 12.3 Å². The largest absolute Gasteiger partial charge is 0.444 e. The van der Waals surface area contributed by atoms with E-state index in [0.717, 1.165) is 0 Å². The third kappa shape index (κ3) is 5.71. The molecule has 1 aromatic rings. The quantitative estimate of drug-likeness (QED) is 0.837. The summed E-state index contributed by atoms with van der Waals surface area (Å²) in [6.45, 7) is 5.44. The van der Waals surface area contributed by atoms with Crippen molar-refractivity contribution in [2.45, 2.75) is 38.8 Å². The molecule has 1 rings (SSSR count). The van der Waals surface area contributed by atoms with Gasteiger partial charge >= 0.3 is 6.09 Å². The van der Waals surface area contributed by atoms with Crippen molar-refractivity contribution in [2.24, 2.45) is 5.73 Å². The van der Waals surface area contributed by atoms with Crippen LogP contribution in [0.3, 0.4) is 0 Å². The van der Waals surface area contributed by atoms with Crippen LogP contribution in [-0.4, -0.2) is 29.3 Å². The number of nitrogens with one attached hydrogen (secondary N) is 1. The number of alkyl carbamates (subject to hydrolysis) is 1. The van der Waals surface area contributed by atoms with E-state index in [9.17, 15) is 9.18 Å². The fourth-order valence-corrected chi connectivity index (χ4v) is 1.70. The van der Waals surface area contributed by atoms with Gasteiger partial charge in [0.15, 0.2) is 0 Å². The van der Waals surface area contributed by atoms with Crippen LogP contribution in [0.1, 0.15) is 26.3 Å². The van der Waals surface area contributed by atoms with Gasteiger partial charge in [0.05, 0.1) is 0 Å². The summed E-state index contributed by atoms with van der Waals surface area (Å²) in [5.41, 5.74) is 5.50. The van der Waals surface area contributed by atoms with E-state index >= 15 is 0 Å². The molecule has 1 unspecified atom stereocenters. The van der Waals surface area contributed by atoms with Crippen molar-refractivity contribution in [3.05, 3.63) is 28.8 Å². The molecule has 20 heavy (non-hydrogen) atoms. The number of nitrogens with two attached hydrogens (primary N) is 1. The third-order valence-corrected chi connectivity index (χ3v) is 2.67. The van der Waals surface area contributed by atoms with E-state index < -0.39 is 23.7 Å². The summed E-state index contributed by atoms with van der Waals surface area (Å²) in [4.78, 5) is 15.0. The van der Waals surface area contributed by atoms with Gasteiger partial charge in [-0.05, 0) is 33.3 Å². The van der Waals surface area contributed by atoms with Gasteiger partial charge in [0.25, 0.3) is 0 Å². The minimum atomic E-state index is -0.648. The normalized spacial score (nSPS) is 12.9. The number of halogens is 2. The zero-order valence-electron chi connectivity index (χ0n) is 11.7. The maximum Gasteiger partial charge on any atom is 0.407 e. The molecule has 0 saturated carbocycles. The minimum Gasteiger partial charge on any atom is -0.444 e. The zero-order chi connectivity index (χ0) is 15.3. The summed E-state index contributed by atoms with van der Waals surface area (Å²) < 4.78 is 18.5. The zero-order valence-corrected chi connectivity index (χ0v) is 12.5. The third-order valence-electron chi connectivity index (χ3n) is 2.32. The maximum atomic E-state index is 13.5. The number of aromatic nitrogens is 1. The molecule has 0 aliphatic carbocycles. The molecule has 5 nitrogen and oxygen atoms in total. The molecule has 1 aromatic heterocycles. The number of rotatable bonds is 4. The van der Waals surface area contributed by atoms with Crippen molar-refractivity contribution in [1.29, 1.82) is 0 Å². The second-order valence-corrected chi connectivity index (χ2v) is 5.82. The molecule has 0 saturated heterocycles. The Kier molecular flexibility index (Phi) is 5.71. The van der Waals surface area contributed by atoms with Gasteiger partial charge in [-0.3, -0.25) is 0 Å². The summed E-state index contributed by atoms with van der Waals surface area (Å²) in [6, 6.07) is 1.01. The fraction of sp³-hybridized carbons (Fsp3) is 0.538. The Bertz CT molecular complexity index is 457. The molecule has 1 amide bonds. The van der Waals surface area contributed by atoms with Gasteiger partial charge in [0.1, 0.15) is 5.60 Å². The van der Waals surface area contributed by atoms with E-state index in [0.29, 0.717) is 0 Å². The number of hydrogen-bond donors (Lipinski definition) is 2. The molecule has 0 aromatic carbocycles. The topological polar surface area (TPSA) is 77.2 Å². The molecule has 0 radical (unpaired) electrons. The maximum absolute atomic E-state index is 13.5. The Morgan fingerprint density at radius 3 is 2.80 bits per heavy atom. The molecular weight excluding hydrogens is 285 g/mol. The van der Waals surface area contributed by atoms with Crippen LogP contribution in [0.25, 0.3) is 0 Å². The number of amides is 1. The number of pyridine rings is 1. The van der Waals surface area contributed by atoms with E-state index in [-0.39, 0.29) is 23.6 Å². The lowest BCUT2D eigenvalue weighted by Crippen LogP contribution is -2.41. The van der Waals surface area contributed by atoms with Crippen LogP contribution in [0, 0.1) is 5.95 Å². The monoisotopic (exact) mass is 303 g/mol. The van der Waals surface area contributed by atoms with Crippen LogP contribution < -0.4 is 11.1 Å². The standard InChI is InChI=1S/C13H19ClFN3O2/c1-13(2,3)20-12(19)18-7-8(16)6-9-10(14)4-5-17-11(9)15/h4-5,8H,6-7,16H2,1-3H3,(H,18,19). The van der Waals surface area contributed by atoms with Gasteiger partial charge in [-0.1, -0.05) is 11.6 Å². The Labute approximate surface area is 122 Å². The average molecular weight is 304 g/mol. The first-order chi connectivity index (χ1) is 9.19. The van der Waals surface area contributed by atoms with E-state index in [1.54, 1.807) is 20.8 Å². The van der Waals surface area contributed by atoms with Gasteiger partial charge in [-0.2, -0.15) is 4.39 Å². The van der Waals surface area contributed by atoms with E-state index in [2.05, 4.69) is 10.3 Å². The van der Waals surface area contributed by atoms with Crippen molar-refractivity contribution in [3.8, 4) is 0 Å². The van der Waals surface area contributed by atoms with Gasteiger partial charge in [-0.25, -0.2) is 9.78 Å². The van der Waals surface area contributed by atoms with Crippen molar-refractivity contribution in [2.75, 3.05) is 6.54 Å². The SMILES string of the molecule is CC(C)(C)OC(=O)NCC(N)Cc1c(Cl)ccnc1F. The Hall–Kier alpha value is -1.40. The molecule has 0 bridgehead atoms. The molecule has 0 spiro atoms. The number of carbonyl (C=O) groups excluding carboxylic acids is 1. The second-order valence-electron chi connectivity index (χ2n) is 5.41. The van der Waals surface area contributed by atoms with Crippen LogP contribution in [-0.2, 0) is 11.2 Å². The van der Waals surface area contributed by atoms with Crippen molar-refractivity contribution >= 4 is 17.7 Å². The van der Waals surface area contributed by atoms with Gasteiger partial charge < -0.3 is 15.8 Å². The summed E-state index contributed by atoms with van der Waals surface area (Å²) in [5, 5.41) is 2.79. The predicted molar refractivity (Wildman–Crippen MR) is 75.1 cm³/mol. The highest BCUT2D eigenvalue weighted by Crippen LogP contribution is 2.18. The van der Waals surface area contributed by atoms with E-state index in [4.69, 9.17) is 22.1 Å². The van der Waals surface area contributed by atoms with Gasteiger partial charge in [0, 0.05) is 29.4 Å². The summed E-state index contributed by atoms with van der Waals surface area (Å²) in [7, 11) is 0. The lowest BCUT2D eigenvalue weighted by atomic mass is 10.1. The van der Waals surface area contributed by atoms with Gasteiger partial charge in [0.2, 0.25) is 5.95 Å². The Balaban J connectivity index is 2.48. The number of carbonyl (C=O) groups is 1. The second kappa shape index (κ2) is 6.85. The predicted octanol–water partition coefficient (Wildman–Crippen LogP) is 2.27. The average Bonchev–Trinajstić information content (AvgIpc) is 2.29. The molecule has 7 heteroatoms. The van der Waals surface area contributed by atoms with Crippen molar-refractivity contribution in [1.82, 2.24) is 10.3 Å². The Morgan fingerprint density at radius 2 is 2.25 bits per heavy atom. The number of hydrogen-bond acceptors (Lipinski definition) is 4. The van der Waals surface area contributed by atoms with Crippen LogP contribution in [0.4, 0.5) is 9.18 Å². The first-order valence-electron chi connectivity index (χ1n) is 6.20. The highest BCUT2D eigenvalue weighted by Gasteiger charge is 2.17. The molecule has 0 fully saturated rings. The fourth-order valence-electron chi connectivity index (χ4n) is 1.49. The highest BCUT2D eigenvalue weighted by molar-refractivity contribution is 6.31. The summed E-state index contributed by atoms with van der Waals surface area (Å²) in [5.74, 6) is -0.648. The molecule has 112 valence electrons. The smallest absolute Gasteiger partial charge is 0.407 e. The van der Waals surface area contributed by atoms with E-state index in [1.807, 2.05) is 0 Å². The van der Waals surface area contributed by atoms with Crippen LogP contribution >= 0.6 is 11.6 Å². The molecule has 1 heterocycles. The molecule has 0 aliphatic heterocycles. The van der Waals surface area contributed by atoms with Crippen LogP contribution in [0.15, 0.2) is 12.3 Å². The first-order valence-corrected chi connectivity index (χ1v) is 6.58. The van der Waals surface area contributed by atoms with Crippen LogP contribution in [0.5, 0.6) is 0 Å². The summed E-state index contributed by atoms with van der Waals surface area (Å²) >= 11 is 5.88. The van der Waals surface area contributed by atoms with Crippen LogP contribution in [0.2, 0.25) is 5.02 Å². The molecule has 3 N–H and O–H groups in total. The molecular formula is C13H19ClFN3O2. The number of ether oxygens (including phenoxy) is 1. The van der Waals surface area contributed by atoms with Crippen molar-refractivity contribution < 1.29 is 13.9 Å². The molecule has 1 atom stereocenters. The molecule has 0 aliphatic rings. The first kappa shape index (κ1) is 16.7. The Morgan fingerprint density at radius 1 is 1.60 bits per heavy atom. The minimum absolute atomic E-state index is 0.152. The lowest BCUT2D eigenvalue weighted by molar-refractivity contribution is 0.0524. The lowest BCUT2D eigenvalue weighted by Gasteiger charge is -2.21. The van der Waals surface area contributed by atoms with Gasteiger partial charge in [-0.15, -0.1) is 0 Å².